The van der Waals surface area contributed by atoms with Gasteiger partial charge in [-0.2, -0.15) is 0 Å². The fourth-order valence-electron chi connectivity index (χ4n) is 5.27. The van der Waals surface area contributed by atoms with E-state index in [1.807, 2.05) is 37.1 Å². The van der Waals surface area contributed by atoms with Gasteiger partial charge in [0, 0.05) is 70.7 Å². The van der Waals surface area contributed by atoms with Crippen LogP contribution < -0.4 is 9.80 Å². The molecule has 0 atom stereocenters. The molecule has 0 spiro atoms. The van der Waals surface area contributed by atoms with Crippen LogP contribution in [-0.2, 0) is 6.54 Å². The molecule has 4 heterocycles. The molecule has 2 aromatic heterocycles. The molecule has 1 aromatic carbocycles. The van der Waals surface area contributed by atoms with Crippen molar-refractivity contribution in [2.45, 2.75) is 34.7 Å². The Morgan fingerprint density at radius 1 is 0.950 bits per heavy atom. The van der Waals surface area contributed by atoms with Crippen LogP contribution in [0.4, 0.5) is 16.0 Å². The van der Waals surface area contributed by atoms with E-state index in [1.54, 1.807) is 13.0 Å². The molecule has 2 fully saturated rings. The first-order valence-corrected chi connectivity index (χ1v) is 13.5. The quantitative estimate of drug-likeness (QED) is 0.442. The highest BCUT2D eigenvalue weighted by Crippen LogP contribution is 2.22. The number of rotatable bonds is 5. The Morgan fingerprint density at radius 3 is 2.38 bits per heavy atom. The van der Waals surface area contributed by atoms with Crippen LogP contribution in [-0.4, -0.2) is 78.0 Å². The molecule has 0 bridgehead atoms. The Hall–Kier alpha value is -3.96. The van der Waals surface area contributed by atoms with Gasteiger partial charge in [-0.25, -0.2) is 14.4 Å². The number of amides is 1. The predicted octanol–water partition coefficient (Wildman–Crippen LogP) is 4.52. The zero-order valence-corrected chi connectivity index (χ0v) is 23.0. The van der Waals surface area contributed by atoms with E-state index in [9.17, 15) is 9.18 Å². The Labute approximate surface area is 237 Å². The van der Waals surface area contributed by atoms with E-state index < -0.39 is 0 Å². The van der Waals surface area contributed by atoms with Crippen LogP contribution in [0.1, 0.15) is 47.1 Å². The van der Waals surface area contributed by atoms with Gasteiger partial charge in [-0.15, -0.1) is 5.92 Å². The minimum absolute atomic E-state index is 0. The van der Waals surface area contributed by atoms with Crippen molar-refractivity contribution in [3.63, 3.8) is 0 Å². The molecule has 1 amide bonds. The van der Waals surface area contributed by atoms with Crippen molar-refractivity contribution in [3.05, 3.63) is 82.4 Å². The number of piperazine rings is 2. The highest BCUT2D eigenvalue weighted by Gasteiger charge is 2.25. The fraction of sp³-hybridized carbons (Fsp3) is 0.406. The van der Waals surface area contributed by atoms with E-state index in [4.69, 9.17) is 0 Å². The summed E-state index contributed by atoms with van der Waals surface area (Å²) in [7, 11) is 0. The fourth-order valence-corrected chi connectivity index (χ4v) is 5.27. The van der Waals surface area contributed by atoms with Gasteiger partial charge >= 0.3 is 0 Å². The highest BCUT2D eigenvalue weighted by atomic mass is 19.1. The van der Waals surface area contributed by atoms with Gasteiger partial charge in [0.25, 0.3) is 5.91 Å². The van der Waals surface area contributed by atoms with Gasteiger partial charge in [0.1, 0.15) is 17.5 Å². The number of anilines is 2. The second-order valence-electron chi connectivity index (χ2n) is 10.2. The Kier molecular flexibility index (Phi) is 9.38. The van der Waals surface area contributed by atoms with Crippen molar-refractivity contribution in [1.82, 2.24) is 19.8 Å². The van der Waals surface area contributed by atoms with Gasteiger partial charge in [-0.05, 0) is 62.2 Å². The third-order valence-electron chi connectivity index (χ3n) is 7.55. The van der Waals surface area contributed by atoms with Crippen LogP contribution in [0.3, 0.4) is 0 Å². The largest absolute Gasteiger partial charge is 0.353 e. The molecule has 210 valence electrons. The molecule has 0 aliphatic carbocycles. The maximum atomic E-state index is 13.6. The van der Waals surface area contributed by atoms with Gasteiger partial charge in [0.2, 0.25) is 0 Å². The molecule has 0 unspecified atom stereocenters. The average molecular weight is 543 g/mol. The zero-order valence-electron chi connectivity index (χ0n) is 23.0. The SMILES string of the molecule is C.CC#Cc1cccnc1N1CCN(Cc2ccc(C)c(C(=O)N3CCN(c4ccc(F)c(C)n4)CC3)c2)CC1. The van der Waals surface area contributed by atoms with Crippen LogP contribution in [0.2, 0.25) is 0 Å². The predicted molar refractivity (Wildman–Crippen MR) is 159 cm³/mol. The van der Waals surface area contributed by atoms with Crippen molar-refractivity contribution in [2.75, 3.05) is 62.2 Å². The summed E-state index contributed by atoms with van der Waals surface area (Å²) in [5.41, 5.74) is 4.28. The number of aryl methyl sites for hydroxylation is 2. The molecule has 0 N–H and O–H groups in total. The molecule has 7 nitrogen and oxygen atoms in total. The number of carbonyl (C=O) groups is 1. The van der Waals surface area contributed by atoms with Crippen LogP contribution in [0.25, 0.3) is 0 Å². The van der Waals surface area contributed by atoms with Gasteiger partial charge in [-0.1, -0.05) is 25.5 Å². The lowest BCUT2D eigenvalue weighted by Crippen LogP contribution is -2.49. The van der Waals surface area contributed by atoms with Gasteiger partial charge in [0.15, 0.2) is 0 Å². The summed E-state index contributed by atoms with van der Waals surface area (Å²) in [6, 6.07) is 13.4. The Bertz CT molecular complexity index is 1400. The third-order valence-corrected chi connectivity index (χ3v) is 7.55. The van der Waals surface area contributed by atoms with Crippen molar-refractivity contribution in [1.29, 1.82) is 0 Å². The lowest BCUT2D eigenvalue weighted by atomic mass is 10.0. The van der Waals surface area contributed by atoms with E-state index in [2.05, 4.69) is 54.7 Å². The molecule has 2 aliphatic rings. The molecular weight excluding hydrogens is 503 g/mol. The van der Waals surface area contributed by atoms with Crippen molar-refractivity contribution in [2.24, 2.45) is 0 Å². The maximum absolute atomic E-state index is 13.6. The molecule has 0 saturated carbocycles. The molecule has 2 aliphatic heterocycles. The molecule has 2 saturated heterocycles. The summed E-state index contributed by atoms with van der Waals surface area (Å²) in [6.45, 7) is 12.5. The van der Waals surface area contributed by atoms with Gasteiger partial charge < -0.3 is 14.7 Å². The number of pyridine rings is 2. The molecule has 5 rings (SSSR count). The first-order valence-electron chi connectivity index (χ1n) is 13.5. The third kappa shape index (κ3) is 6.43. The lowest BCUT2D eigenvalue weighted by molar-refractivity contribution is 0.0745. The summed E-state index contributed by atoms with van der Waals surface area (Å²) in [6.07, 6.45) is 1.83. The van der Waals surface area contributed by atoms with E-state index in [1.165, 1.54) is 6.07 Å². The van der Waals surface area contributed by atoms with Gasteiger partial charge in [0.05, 0.1) is 11.3 Å². The minimum Gasteiger partial charge on any atom is -0.353 e. The number of hydrogen-bond acceptors (Lipinski definition) is 6. The topological polar surface area (TPSA) is 55.8 Å². The summed E-state index contributed by atoms with van der Waals surface area (Å²) in [5, 5.41) is 0. The van der Waals surface area contributed by atoms with E-state index >= 15 is 0 Å². The first kappa shape index (κ1) is 29.0. The summed E-state index contributed by atoms with van der Waals surface area (Å²) < 4.78 is 13.6. The monoisotopic (exact) mass is 542 g/mol. The maximum Gasteiger partial charge on any atom is 0.254 e. The average Bonchev–Trinajstić information content (AvgIpc) is 2.96. The number of benzene rings is 1. The molecule has 40 heavy (non-hydrogen) atoms. The summed E-state index contributed by atoms with van der Waals surface area (Å²) in [4.78, 5) is 31.2. The minimum atomic E-state index is -0.297. The van der Waals surface area contributed by atoms with Crippen molar-refractivity contribution >= 4 is 17.5 Å². The number of hydrogen-bond donors (Lipinski definition) is 0. The number of halogens is 1. The Morgan fingerprint density at radius 2 is 1.68 bits per heavy atom. The summed E-state index contributed by atoms with van der Waals surface area (Å²) >= 11 is 0. The van der Waals surface area contributed by atoms with E-state index in [0.29, 0.717) is 31.9 Å². The number of aromatic nitrogens is 2. The van der Waals surface area contributed by atoms with Crippen LogP contribution in [0.5, 0.6) is 0 Å². The van der Waals surface area contributed by atoms with Crippen molar-refractivity contribution in [3.8, 4) is 11.8 Å². The van der Waals surface area contributed by atoms with Gasteiger partial charge in [-0.3, -0.25) is 9.69 Å². The van der Waals surface area contributed by atoms with E-state index in [-0.39, 0.29) is 19.2 Å². The zero-order chi connectivity index (χ0) is 27.4. The van der Waals surface area contributed by atoms with Crippen LogP contribution >= 0.6 is 0 Å². The molecule has 8 heteroatoms. The smallest absolute Gasteiger partial charge is 0.254 e. The number of nitrogens with zero attached hydrogens (tertiary/aromatic N) is 6. The van der Waals surface area contributed by atoms with Crippen molar-refractivity contribution < 1.29 is 9.18 Å². The second-order valence-corrected chi connectivity index (χ2v) is 10.2. The summed E-state index contributed by atoms with van der Waals surface area (Å²) in [5.74, 6) is 7.64. The molecule has 3 aromatic rings. The lowest BCUT2D eigenvalue weighted by Gasteiger charge is -2.36. The Balaban J connectivity index is 0.00000370. The van der Waals surface area contributed by atoms with E-state index in [0.717, 1.165) is 66.6 Å². The molecular formula is C32H39FN6O. The normalized spacial score (nSPS) is 15.8. The second kappa shape index (κ2) is 12.9. The molecule has 0 radical (unpaired) electrons. The standard InChI is InChI=1S/C31H35FN6O.CH4/c1-4-6-26-7-5-12-33-30(26)37-15-13-35(14-16-37)22-25-9-8-23(2)27(21-25)31(39)38-19-17-36(18-20-38)29-11-10-28(32)24(3)34-29;/h5,7-12,21H,13-20,22H2,1-3H3;1H4. The first-order chi connectivity index (χ1) is 18.9. The highest BCUT2D eigenvalue weighted by molar-refractivity contribution is 5.96. The van der Waals surface area contributed by atoms with Crippen LogP contribution in [0.15, 0.2) is 48.7 Å². The van der Waals surface area contributed by atoms with Crippen LogP contribution in [0, 0.1) is 31.5 Å². The number of carbonyl (C=O) groups excluding carboxylic acids is 1.